The average Bonchev–Trinajstić information content (AvgIpc) is 2.56. The minimum atomic E-state index is -0.235. The Kier molecular flexibility index (Phi) is 6.69. The number of rotatable bonds is 8. The van der Waals surface area contributed by atoms with Crippen molar-refractivity contribution in [1.82, 2.24) is 15.2 Å². The van der Waals surface area contributed by atoms with Gasteiger partial charge in [0.2, 0.25) is 0 Å². The van der Waals surface area contributed by atoms with Gasteiger partial charge < -0.3 is 15.5 Å². The highest BCUT2D eigenvalue weighted by molar-refractivity contribution is 5.94. The van der Waals surface area contributed by atoms with E-state index in [1.54, 1.807) is 30.5 Å². The molecule has 6 heteroatoms. The van der Waals surface area contributed by atoms with Crippen molar-refractivity contribution in [2.24, 2.45) is 0 Å². The van der Waals surface area contributed by atoms with Crippen molar-refractivity contribution in [2.75, 3.05) is 39.0 Å². The number of aromatic nitrogens is 1. The summed E-state index contributed by atoms with van der Waals surface area (Å²) in [5, 5.41) is 6.06. The van der Waals surface area contributed by atoms with E-state index in [0.717, 1.165) is 18.5 Å². The van der Waals surface area contributed by atoms with E-state index in [1.165, 1.54) is 12.1 Å². The quantitative estimate of drug-likeness (QED) is 0.779. The summed E-state index contributed by atoms with van der Waals surface area (Å²) >= 11 is 0. The first-order valence-electron chi connectivity index (χ1n) is 7.92. The molecule has 1 amide bonds. The molecule has 2 rings (SSSR count). The molecule has 0 saturated carbocycles. The van der Waals surface area contributed by atoms with Crippen LogP contribution in [0, 0.1) is 5.82 Å². The lowest BCUT2D eigenvalue weighted by Crippen LogP contribution is -2.31. The first-order valence-corrected chi connectivity index (χ1v) is 7.92. The fraction of sp³-hybridized carbons (Fsp3) is 0.333. The van der Waals surface area contributed by atoms with E-state index in [1.807, 2.05) is 19.0 Å². The number of carbonyl (C=O) groups excluding carboxylic acids is 1. The van der Waals surface area contributed by atoms with Crippen LogP contribution < -0.4 is 10.6 Å². The molecule has 0 fully saturated rings. The molecule has 0 unspecified atom stereocenters. The van der Waals surface area contributed by atoms with Crippen molar-refractivity contribution in [3.05, 3.63) is 59.5 Å². The Morgan fingerprint density at radius 1 is 1.17 bits per heavy atom. The summed E-state index contributed by atoms with van der Waals surface area (Å²) < 4.78 is 12.9. The summed E-state index contributed by atoms with van der Waals surface area (Å²) in [4.78, 5) is 18.3. The highest BCUT2D eigenvalue weighted by atomic mass is 19.1. The Morgan fingerprint density at radius 2 is 1.92 bits per heavy atom. The Morgan fingerprint density at radius 3 is 2.62 bits per heavy atom. The third kappa shape index (κ3) is 5.96. The summed E-state index contributed by atoms with van der Waals surface area (Å²) in [5.74, 6) is 0.305. The maximum Gasteiger partial charge on any atom is 0.251 e. The molecule has 0 spiro atoms. The van der Waals surface area contributed by atoms with E-state index in [-0.39, 0.29) is 11.7 Å². The number of benzene rings is 1. The van der Waals surface area contributed by atoms with Gasteiger partial charge in [0.05, 0.1) is 0 Å². The molecule has 0 bridgehead atoms. The molecular weight excluding hydrogens is 307 g/mol. The summed E-state index contributed by atoms with van der Waals surface area (Å²) in [6, 6.07) is 9.85. The second-order valence-electron chi connectivity index (χ2n) is 5.79. The second kappa shape index (κ2) is 8.98. The van der Waals surface area contributed by atoms with Crippen LogP contribution in [0.25, 0.3) is 0 Å². The van der Waals surface area contributed by atoms with Crippen LogP contribution in [0.1, 0.15) is 15.9 Å². The number of halogens is 1. The summed E-state index contributed by atoms with van der Waals surface area (Å²) in [6.07, 6.45) is 2.36. The molecule has 0 aliphatic heterocycles. The normalized spacial score (nSPS) is 10.7. The summed E-state index contributed by atoms with van der Waals surface area (Å²) in [7, 11) is 3.92. The molecule has 1 aromatic carbocycles. The van der Waals surface area contributed by atoms with Gasteiger partial charge in [-0.2, -0.15) is 0 Å². The minimum Gasteiger partial charge on any atom is -0.370 e. The Bertz CT molecular complexity index is 658. The van der Waals surface area contributed by atoms with E-state index >= 15 is 0 Å². The van der Waals surface area contributed by atoms with Crippen molar-refractivity contribution in [3.8, 4) is 0 Å². The van der Waals surface area contributed by atoms with Crippen LogP contribution in [0.4, 0.5) is 10.2 Å². The third-order valence-corrected chi connectivity index (χ3v) is 3.50. The zero-order valence-electron chi connectivity index (χ0n) is 14.1. The van der Waals surface area contributed by atoms with Crippen LogP contribution in [0.5, 0.6) is 0 Å². The Hall–Kier alpha value is -2.47. The fourth-order valence-corrected chi connectivity index (χ4v) is 2.15. The van der Waals surface area contributed by atoms with Crippen LogP contribution >= 0.6 is 0 Å². The predicted molar refractivity (Wildman–Crippen MR) is 93.7 cm³/mol. The molecule has 0 saturated heterocycles. The van der Waals surface area contributed by atoms with Gasteiger partial charge in [0.1, 0.15) is 11.6 Å². The second-order valence-corrected chi connectivity index (χ2v) is 5.79. The van der Waals surface area contributed by atoms with Gasteiger partial charge in [0.25, 0.3) is 5.91 Å². The van der Waals surface area contributed by atoms with Crippen molar-refractivity contribution in [2.45, 2.75) is 6.42 Å². The van der Waals surface area contributed by atoms with E-state index in [2.05, 4.69) is 15.6 Å². The van der Waals surface area contributed by atoms with Crippen LogP contribution in [-0.2, 0) is 6.42 Å². The molecule has 128 valence electrons. The number of pyridine rings is 1. The molecule has 1 aromatic heterocycles. The minimum absolute atomic E-state index is 0.110. The van der Waals surface area contributed by atoms with Gasteiger partial charge in [-0.3, -0.25) is 4.79 Å². The van der Waals surface area contributed by atoms with Gasteiger partial charge in [-0.25, -0.2) is 9.37 Å². The fourth-order valence-electron chi connectivity index (χ4n) is 2.15. The number of nitrogens with one attached hydrogen (secondary N) is 2. The number of hydrogen-bond donors (Lipinski definition) is 2. The van der Waals surface area contributed by atoms with Gasteiger partial charge in [0, 0.05) is 31.4 Å². The van der Waals surface area contributed by atoms with Gasteiger partial charge in [0.15, 0.2) is 0 Å². The molecule has 2 N–H and O–H groups in total. The third-order valence-electron chi connectivity index (χ3n) is 3.50. The number of nitrogens with zero attached hydrogens (tertiary/aromatic N) is 2. The molecule has 0 atom stereocenters. The van der Waals surface area contributed by atoms with Gasteiger partial charge in [-0.05, 0) is 50.3 Å². The number of anilines is 1. The van der Waals surface area contributed by atoms with Crippen LogP contribution in [-0.4, -0.2) is 49.5 Å². The monoisotopic (exact) mass is 330 g/mol. The lowest BCUT2D eigenvalue weighted by Gasteiger charge is -2.11. The summed E-state index contributed by atoms with van der Waals surface area (Å²) in [6.45, 7) is 2.05. The Labute approximate surface area is 141 Å². The zero-order valence-corrected chi connectivity index (χ0v) is 14.1. The van der Waals surface area contributed by atoms with Crippen molar-refractivity contribution >= 4 is 11.7 Å². The lowest BCUT2D eigenvalue weighted by molar-refractivity contribution is 0.0951. The molecule has 0 aliphatic carbocycles. The number of likely N-dealkylation sites (N-methyl/N-ethyl adjacent to an activating group) is 1. The van der Waals surface area contributed by atoms with Gasteiger partial charge in [-0.15, -0.1) is 0 Å². The molecule has 0 aliphatic rings. The average molecular weight is 330 g/mol. The van der Waals surface area contributed by atoms with Gasteiger partial charge >= 0.3 is 0 Å². The van der Waals surface area contributed by atoms with Crippen molar-refractivity contribution < 1.29 is 9.18 Å². The Balaban J connectivity index is 1.83. The van der Waals surface area contributed by atoms with Crippen LogP contribution in [0.15, 0.2) is 42.6 Å². The highest BCUT2D eigenvalue weighted by Crippen LogP contribution is 2.08. The molecule has 5 nitrogen and oxygen atoms in total. The number of carbonyl (C=O) groups is 1. The lowest BCUT2D eigenvalue weighted by atomic mass is 10.1. The molecule has 1 heterocycles. The van der Waals surface area contributed by atoms with Crippen molar-refractivity contribution in [3.63, 3.8) is 0 Å². The highest BCUT2D eigenvalue weighted by Gasteiger charge is 2.06. The van der Waals surface area contributed by atoms with E-state index in [9.17, 15) is 9.18 Å². The van der Waals surface area contributed by atoms with E-state index in [4.69, 9.17) is 0 Å². The van der Waals surface area contributed by atoms with E-state index < -0.39 is 0 Å². The number of hydrogen-bond acceptors (Lipinski definition) is 4. The SMILES string of the molecule is CN(C)CCNC(=O)c1ccnc(NCCc2ccc(F)cc2)c1. The standard InChI is InChI=1S/C18H23FN4O/c1-23(2)12-11-22-18(24)15-8-10-21-17(13-15)20-9-7-14-3-5-16(19)6-4-14/h3-6,8,10,13H,7,9,11-12H2,1-2H3,(H,20,21)(H,22,24). The van der Waals surface area contributed by atoms with Crippen molar-refractivity contribution in [1.29, 1.82) is 0 Å². The smallest absolute Gasteiger partial charge is 0.251 e. The zero-order chi connectivity index (χ0) is 17.4. The molecular formula is C18H23FN4O. The first kappa shape index (κ1) is 17.9. The first-order chi connectivity index (χ1) is 11.5. The van der Waals surface area contributed by atoms with Crippen LogP contribution in [0.2, 0.25) is 0 Å². The largest absolute Gasteiger partial charge is 0.370 e. The van der Waals surface area contributed by atoms with Gasteiger partial charge in [-0.1, -0.05) is 12.1 Å². The van der Waals surface area contributed by atoms with Crippen LogP contribution in [0.3, 0.4) is 0 Å². The maximum atomic E-state index is 12.9. The predicted octanol–water partition coefficient (Wildman–Crippen LogP) is 2.17. The number of amides is 1. The summed E-state index contributed by atoms with van der Waals surface area (Å²) in [5.41, 5.74) is 1.62. The molecule has 0 radical (unpaired) electrons. The van der Waals surface area contributed by atoms with E-state index in [0.29, 0.717) is 24.5 Å². The molecule has 2 aromatic rings. The maximum absolute atomic E-state index is 12.9. The molecule has 24 heavy (non-hydrogen) atoms. The topological polar surface area (TPSA) is 57.3 Å².